The second-order valence-electron chi connectivity index (χ2n) is 17.4. The van der Waals surface area contributed by atoms with Crippen LogP contribution in [-0.2, 0) is 0 Å². The topological polar surface area (TPSA) is 3.24 Å². The molecule has 0 radical (unpaired) electrons. The predicted octanol–water partition coefficient (Wildman–Crippen LogP) is 17.8. The first-order valence-electron chi connectivity index (χ1n) is 22.3. The number of para-hydroxylation sites is 1. The number of allylic oxidation sites excluding steroid dienone is 1. The predicted molar refractivity (Wildman–Crippen MR) is 270 cm³/mol. The average Bonchev–Trinajstić information content (AvgIpc) is 3.33. The zero-order valence-corrected chi connectivity index (χ0v) is 34.5. The van der Waals surface area contributed by atoms with Gasteiger partial charge >= 0.3 is 0 Å². The molecule has 1 saturated carbocycles. The van der Waals surface area contributed by atoms with Crippen molar-refractivity contribution in [2.24, 2.45) is 0 Å². The molecule has 0 heterocycles. The summed E-state index contributed by atoms with van der Waals surface area (Å²) in [4.78, 5) is 2.43. The van der Waals surface area contributed by atoms with Gasteiger partial charge in [-0.05, 0) is 153 Å². The Labute approximate surface area is 361 Å². The molecule has 0 saturated heterocycles. The Morgan fingerprint density at radius 3 is 1.39 bits per heavy atom. The van der Waals surface area contributed by atoms with E-state index in [1.54, 1.807) is 5.57 Å². The van der Waals surface area contributed by atoms with Crippen LogP contribution in [0.4, 0.5) is 17.1 Å². The van der Waals surface area contributed by atoms with Crippen LogP contribution in [0.2, 0.25) is 0 Å². The SMILES string of the molecule is C(=Cc1ccc(N(c2ccccc2)c2ccc3c4cccc5c4c(c4cccc2c34)c2cccc3c4cccc6cccc(c64)c5c32)cc1)c1ccc(C=C2CCCCC2)cc1. The van der Waals surface area contributed by atoms with Gasteiger partial charge in [0.25, 0.3) is 0 Å². The monoisotopic (exact) mass is 789 g/mol. The number of rotatable bonds is 6. The lowest BCUT2D eigenvalue weighted by molar-refractivity contribution is 0.602. The molecule has 1 heteroatoms. The maximum absolute atomic E-state index is 2.43. The van der Waals surface area contributed by atoms with E-state index in [9.17, 15) is 0 Å². The maximum atomic E-state index is 2.43. The van der Waals surface area contributed by atoms with Gasteiger partial charge in [-0.25, -0.2) is 0 Å². The van der Waals surface area contributed by atoms with Crippen molar-refractivity contribution in [1.29, 1.82) is 0 Å². The largest absolute Gasteiger partial charge is 0.310 e. The molecule has 62 heavy (non-hydrogen) atoms. The summed E-state index contributed by atoms with van der Waals surface area (Å²) in [7, 11) is 0. The number of anilines is 3. The Morgan fingerprint density at radius 1 is 0.306 bits per heavy atom. The van der Waals surface area contributed by atoms with Gasteiger partial charge in [-0.2, -0.15) is 0 Å². The first-order valence-corrected chi connectivity index (χ1v) is 22.3. The molecule has 0 N–H and O–H groups in total. The van der Waals surface area contributed by atoms with Crippen LogP contribution >= 0.6 is 0 Å². The van der Waals surface area contributed by atoms with Gasteiger partial charge in [0.05, 0.1) is 5.69 Å². The van der Waals surface area contributed by atoms with E-state index in [1.165, 1.54) is 141 Å². The normalized spacial score (nSPS) is 13.7. The zero-order valence-electron chi connectivity index (χ0n) is 34.5. The number of hydrogen-bond donors (Lipinski definition) is 0. The third kappa shape index (κ3) is 5.41. The van der Waals surface area contributed by atoms with Crippen molar-refractivity contribution < 1.29 is 0 Å². The molecule has 292 valence electrons. The smallest absolute Gasteiger partial charge is 0.0540 e. The van der Waals surface area contributed by atoms with Gasteiger partial charge in [0, 0.05) is 16.8 Å². The summed E-state index contributed by atoms with van der Waals surface area (Å²) in [6, 6.07) is 68.1. The van der Waals surface area contributed by atoms with Crippen molar-refractivity contribution in [3.05, 3.63) is 204 Å². The number of benzene rings is 12. The summed E-state index contributed by atoms with van der Waals surface area (Å²) < 4.78 is 0. The highest BCUT2D eigenvalue weighted by molar-refractivity contribution is 6.47. The van der Waals surface area contributed by atoms with Crippen molar-refractivity contribution in [2.45, 2.75) is 32.1 Å². The lowest BCUT2D eigenvalue weighted by atomic mass is 9.82. The molecular formula is C61H43N. The molecule has 1 fully saturated rings. The van der Waals surface area contributed by atoms with E-state index < -0.39 is 0 Å². The highest BCUT2D eigenvalue weighted by atomic mass is 15.1. The van der Waals surface area contributed by atoms with Gasteiger partial charge in [0.15, 0.2) is 0 Å². The van der Waals surface area contributed by atoms with Gasteiger partial charge in [-0.1, -0.05) is 182 Å². The molecule has 1 nitrogen and oxygen atoms in total. The minimum atomic E-state index is 1.13. The fourth-order valence-corrected chi connectivity index (χ4v) is 11.2. The van der Waals surface area contributed by atoms with Crippen LogP contribution in [-0.4, -0.2) is 0 Å². The zero-order chi connectivity index (χ0) is 40.7. The summed E-state index contributed by atoms with van der Waals surface area (Å²) in [5.41, 5.74) is 8.73. The molecule has 0 spiro atoms. The van der Waals surface area contributed by atoms with Crippen molar-refractivity contribution in [3.63, 3.8) is 0 Å². The van der Waals surface area contributed by atoms with Gasteiger partial charge in [0.1, 0.15) is 0 Å². The lowest BCUT2D eigenvalue weighted by Gasteiger charge is -2.28. The summed E-state index contributed by atoms with van der Waals surface area (Å²) in [6.07, 6.45) is 13.4. The molecule has 0 bridgehead atoms. The van der Waals surface area contributed by atoms with Crippen molar-refractivity contribution in [2.75, 3.05) is 4.90 Å². The van der Waals surface area contributed by atoms with Crippen molar-refractivity contribution >= 4 is 121 Å². The fourth-order valence-electron chi connectivity index (χ4n) is 11.2. The van der Waals surface area contributed by atoms with Crippen LogP contribution < -0.4 is 4.90 Å². The van der Waals surface area contributed by atoms with Crippen molar-refractivity contribution in [3.8, 4) is 0 Å². The molecule has 0 unspecified atom stereocenters. The van der Waals surface area contributed by atoms with E-state index >= 15 is 0 Å². The van der Waals surface area contributed by atoms with Gasteiger partial charge in [-0.3, -0.25) is 0 Å². The van der Waals surface area contributed by atoms with Crippen LogP contribution in [0, 0.1) is 0 Å². The molecule has 0 amide bonds. The third-order valence-electron chi connectivity index (χ3n) is 13.9. The summed E-state index contributed by atoms with van der Waals surface area (Å²) in [6.45, 7) is 0. The molecule has 1 aliphatic carbocycles. The van der Waals surface area contributed by atoms with Crippen molar-refractivity contribution in [1.82, 2.24) is 0 Å². The Hall–Kier alpha value is -7.48. The van der Waals surface area contributed by atoms with Crippen LogP contribution in [0.3, 0.4) is 0 Å². The molecule has 1 aliphatic rings. The Balaban J connectivity index is 0.974. The fraction of sp³-hybridized carbons (Fsp3) is 0.0820. The first kappa shape index (κ1) is 35.3. The van der Waals surface area contributed by atoms with E-state index in [0.29, 0.717) is 0 Å². The lowest BCUT2D eigenvalue weighted by Crippen LogP contribution is -2.10. The summed E-state index contributed by atoms with van der Waals surface area (Å²) >= 11 is 0. The van der Waals surface area contributed by atoms with E-state index in [2.05, 4.69) is 205 Å². The van der Waals surface area contributed by atoms with Gasteiger partial charge < -0.3 is 4.90 Å². The molecule has 0 aromatic heterocycles. The second-order valence-corrected chi connectivity index (χ2v) is 17.4. The average molecular weight is 790 g/mol. The number of fused-ring (bicyclic) bond motifs is 6. The van der Waals surface area contributed by atoms with Crippen LogP contribution in [0.5, 0.6) is 0 Å². The maximum Gasteiger partial charge on any atom is 0.0540 e. The molecule has 0 atom stereocenters. The minimum Gasteiger partial charge on any atom is -0.310 e. The van der Waals surface area contributed by atoms with E-state index in [0.717, 1.165) is 11.4 Å². The summed E-state index contributed by atoms with van der Waals surface area (Å²) in [5.74, 6) is 0. The van der Waals surface area contributed by atoms with E-state index in [4.69, 9.17) is 0 Å². The highest BCUT2D eigenvalue weighted by Crippen LogP contribution is 2.51. The third-order valence-corrected chi connectivity index (χ3v) is 13.9. The second kappa shape index (κ2) is 14.0. The minimum absolute atomic E-state index is 1.13. The molecule has 12 aromatic rings. The van der Waals surface area contributed by atoms with E-state index in [1.807, 2.05) is 0 Å². The Kier molecular flexibility index (Phi) is 8.00. The molecule has 0 aliphatic heterocycles. The van der Waals surface area contributed by atoms with E-state index in [-0.39, 0.29) is 0 Å². The summed E-state index contributed by atoms with van der Waals surface area (Å²) in [5, 5.41) is 21.2. The first-order chi connectivity index (χ1) is 30.8. The standard InChI is InChI=1S/C61H43N/c1-3-12-41(13-4-1)38-42-30-28-39(29-31-42)26-27-40-32-34-45(35-33-40)62(44-16-5-2-6-17-44)55-37-36-49-48-20-10-24-53-59(48)61(52-23-11-21-50(55)57(49)52)54-25-9-19-47-46-18-7-14-43-15-8-22-51(56(43)46)60(53)58(47)54/h2,5-11,14-38H,1,3-4,12-13H2. The molecule has 13 rings (SSSR count). The Bertz CT molecular complexity index is 3730. The molecular weight excluding hydrogens is 747 g/mol. The number of hydrogen-bond acceptors (Lipinski definition) is 1. The molecule has 12 aromatic carbocycles. The van der Waals surface area contributed by atoms with Gasteiger partial charge in [0.2, 0.25) is 0 Å². The van der Waals surface area contributed by atoms with Crippen LogP contribution in [0.1, 0.15) is 48.8 Å². The Morgan fingerprint density at radius 2 is 0.758 bits per heavy atom. The van der Waals surface area contributed by atoms with Crippen LogP contribution in [0.25, 0.3) is 104 Å². The quantitative estimate of drug-likeness (QED) is 0.0921. The van der Waals surface area contributed by atoms with Gasteiger partial charge in [-0.15, -0.1) is 0 Å². The van der Waals surface area contributed by atoms with Crippen LogP contribution in [0.15, 0.2) is 188 Å². The highest BCUT2D eigenvalue weighted by Gasteiger charge is 2.24. The number of nitrogens with zero attached hydrogens (tertiary/aromatic N) is 1.